The first-order chi connectivity index (χ1) is 9.15. The maximum atomic E-state index is 12.9. The van der Waals surface area contributed by atoms with Crippen LogP contribution in [0.3, 0.4) is 0 Å². The highest BCUT2D eigenvalue weighted by atomic mass is 19.1. The van der Waals surface area contributed by atoms with Crippen LogP contribution in [0, 0.1) is 5.82 Å². The first-order valence-corrected chi connectivity index (χ1v) is 5.74. The molecular weight excluding hydrogens is 247 g/mol. The summed E-state index contributed by atoms with van der Waals surface area (Å²) in [5.41, 5.74) is 1.90. The van der Waals surface area contributed by atoms with Gasteiger partial charge in [-0.25, -0.2) is 9.37 Å². The molecular formula is C14H13FN2O2. The Labute approximate surface area is 109 Å². The number of pyridine rings is 1. The molecule has 1 aromatic carbocycles. The maximum absolute atomic E-state index is 12.9. The lowest BCUT2D eigenvalue weighted by Crippen LogP contribution is -2.20. The first kappa shape index (κ1) is 13.2. The molecule has 0 atom stereocenters. The molecule has 1 aromatic heterocycles. The number of nitrogens with one attached hydrogen (secondary N) is 1. The zero-order valence-corrected chi connectivity index (χ0v) is 10.4. The zero-order valence-electron chi connectivity index (χ0n) is 10.4. The molecule has 2 aromatic rings. The van der Waals surface area contributed by atoms with E-state index in [1.807, 2.05) is 0 Å². The first-order valence-electron chi connectivity index (χ1n) is 5.74. The fraction of sp³-hybridized carbons (Fsp3) is 0.143. The lowest BCUT2D eigenvalue weighted by molar-refractivity contribution is 0.0958. The normalized spacial score (nSPS) is 10.3. The van der Waals surface area contributed by atoms with E-state index in [2.05, 4.69) is 10.3 Å². The lowest BCUT2D eigenvalue weighted by atomic mass is 10.0. The Morgan fingerprint density at radius 1 is 1.26 bits per heavy atom. The van der Waals surface area contributed by atoms with Gasteiger partial charge in [-0.2, -0.15) is 0 Å². The second-order valence-electron chi connectivity index (χ2n) is 3.94. The van der Waals surface area contributed by atoms with Crippen molar-refractivity contribution >= 4 is 5.91 Å². The number of aliphatic hydroxyl groups excluding tert-OH is 1. The van der Waals surface area contributed by atoms with Crippen molar-refractivity contribution < 1.29 is 14.3 Å². The van der Waals surface area contributed by atoms with E-state index in [0.717, 1.165) is 0 Å². The summed E-state index contributed by atoms with van der Waals surface area (Å²) in [6.07, 6.45) is 0. The SMILES string of the molecule is CNC(=O)c1nc(CO)ccc1-c1ccc(F)cc1. The van der Waals surface area contributed by atoms with E-state index < -0.39 is 0 Å². The molecule has 0 radical (unpaired) electrons. The summed E-state index contributed by atoms with van der Waals surface area (Å²) in [4.78, 5) is 15.9. The molecule has 0 fully saturated rings. The molecule has 0 saturated carbocycles. The van der Waals surface area contributed by atoms with Gasteiger partial charge in [-0.05, 0) is 23.8 Å². The van der Waals surface area contributed by atoms with Crippen LogP contribution in [0.4, 0.5) is 4.39 Å². The standard InChI is InChI=1S/C14H13FN2O2/c1-16-14(19)13-12(7-6-11(8-18)17-13)9-2-4-10(15)5-3-9/h2-7,18H,8H2,1H3,(H,16,19). The van der Waals surface area contributed by atoms with Gasteiger partial charge in [0.15, 0.2) is 0 Å². The smallest absolute Gasteiger partial charge is 0.270 e. The monoisotopic (exact) mass is 260 g/mol. The maximum Gasteiger partial charge on any atom is 0.270 e. The second-order valence-corrected chi connectivity index (χ2v) is 3.94. The Balaban J connectivity index is 2.55. The highest BCUT2D eigenvalue weighted by molar-refractivity contribution is 5.98. The molecule has 98 valence electrons. The van der Waals surface area contributed by atoms with E-state index in [1.54, 1.807) is 24.3 Å². The van der Waals surface area contributed by atoms with Crippen LogP contribution >= 0.6 is 0 Å². The van der Waals surface area contributed by atoms with E-state index in [-0.39, 0.29) is 24.0 Å². The molecule has 0 unspecified atom stereocenters. The Morgan fingerprint density at radius 2 is 1.95 bits per heavy atom. The number of benzene rings is 1. The summed E-state index contributed by atoms with van der Waals surface area (Å²) in [5, 5.41) is 11.6. The minimum absolute atomic E-state index is 0.209. The van der Waals surface area contributed by atoms with E-state index >= 15 is 0 Å². The van der Waals surface area contributed by atoms with Crippen molar-refractivity contribution in [2.24, 2.45) is 0 Å². The summed E-state index contributed by atoms with van der Waals surface area (Å²) in [7, 11) is 1.50. The Kier molecular flexibility index (Phi) is 3.87. The van der Waals surface area contributed by atoms with Crippen LogP contribution in [0.5, 0.6) is 0 Å². The van der Waals surface area contributed by atoms with Gasteiger partial charge >= 0.3 is 0 Å². The number of rotatable bonds is 3. The van der Waals surface area contributed by atoms with Crippen molar-refractivity contribution in [3.05, 3.63) is 53.6 Å². The van der Waals surface area contributed by atoms with E-state index in [1.165, 1.54) is 19.2 Å². The van der Waals surface area contributed by atoms with Gasteiger partial charge in [0, 0.05) is 12.6 Å². The van der Waals surface area contributed by atoms with E-state index in [9.17, 15) is 9.18 Å². The molecule has 19 heavy (non-hydrogen) atoms. The van der Waals surface area contributed by atoms with Crippen LogP contribution in [0.2, 0.25) is 0 Å². The van der Waals surface area contributed by atoms with Crippen molar-refractivity contribution in [2.75, 3.05) is 7.05 Å². The molecule has 0 saturated heterocycles. The number of amides is 1. The van der Waals surface area contributed by atoms with Crippen LogP contribution in [0.15, 0.2) is 36.4 Å². The molecule has 1 heterocycles. The van der Waals surface area contributed by atoms with Crippen LogP contribution in [-0.4, -0.2) is 23.0 Å². The highest BCUT2D eigenvalue weighted by Gasteiger charge is 2.14. The third-order valence-corrected chi connectivity index (χ3v) is 2.71. The minimum atomic E-state index is -0.352. The molecule has 4 nitrogen and oxygen atoms in total. The molecule has 0 aliphatic heterocycles. The van der Waals surface area contributed by atoms with Crippen LogP contribution < -0.4 is 5.32 Å². The number of nitrogens with zero attached hydrogens (tertiary/aromatic N) is 1. The van der Waals surface area contributed by atoms with Gasteiger partial charge < -0.3 is 10.4 Å². The Hall–Kier alpha value is -2.27. The quantitative estimate of drug-likeness (QED) is 0.883. The lowest BCUT2D eigenvalue weighted by Gasteiger charge is -2.09. The summed E-state index contributed by atoms with van der Waals surface area (Å²) < 4.78 is 12.9. The number of carbonyl (C=O) groups excluding carboxylic acids is 1. The fourth-order valence-corrected chi connectivity index (χ4v) is 1.74. The molecule has 5 heteroatoms. The number of hydrogen-bond donors (Lipinski definition) is 2. The average molecular weight is 260 g/mol. The van der Waals surface area contributed by atoms with Crippen molar-refractivity contribution in [2.45, 2.75) is 6.61 Å². The summed E-state index contributed by atoms with van der Waals surface area (Å²) in [6, 6.07) is 9.13. The Morgan fingerprint density at radius 3 is 2.53 bits per heavy atom. The average Bonchev–Trinajstić information content (AvgIpc) is 2.46. The summed E-state index contributed by atoms with van der Waals surface area (Å²) in [5.74, 6) is -0.695. The number of halogens is 1. The largest absolute Gasteiger partial charge is 0.390 e. The molecule has 0 aliphatic rings. The van der Waals surface area contributed by atoms with Crippen LogP contribution in [0.1, 0.15) is 16.2 Å². The van der Waals surface area contributed by atoms with Gasteiger partial charge in [-0.3, -0.25) is 4.79 Å². The van der Waals surface area contributed by atoms with Crippen molar-refractivity contribution in [1.29, 1.82) is 0 Å². The molecule has 2 N–H and O–H groups in total. The number of aromatic nitrogens is 1. The predicted molar refractivity (Wildman–Crippen MR) is 68.9 cm³/mol. The molecule has 1 amide bonds. The van der Waals surface area contributed by atoms with Gasteiger partial charge in [0.05, 0.1) is 12.3 Å². The van der Waals surface area contributed by atoms with Crippen molar-refractivity contribution in [3.63, 3.8) is 0 Å². The van der Waals surface area contributed by atoms with Gasteiger partial charge in [-0.1, -0.05) is 18.2 Å². The van der Waals surface area contributed by atoms with Gasteiger partial charge in [0.1, 0.15) is 11.5 Å². The molecule has 2 rings (SSSR count). The summed E-state index contributed by atoms with van der Waals surface area (Å²) in [6.45, 7) is -0.242. The zero-order chi connectivity index (χ0) is 13.8. The number of carbonyl (C=O) groups is 1. The molecule has 0 aliphatic carbocycles. The van der Waals surface area contributed by atoms with Gasteiger partial charge in [0.2, 0.25) is 0 Å². The minimum Gasteiger partial charge on any atom is -0.390 e. The third-order valence-electron chi connectivity index (χ3n) is 2.71. The fourth-order valence-electron chi connectivity index (χ4n) is 1.74. The van der Waals surface area contributed by atoms with Crippen LogP contribution in [0.25, 0.3) is 11.1 Å². The summed E-state index contributed by atoms with van der Waals surface area (Å²) >= 11 is 0. The topological polar surface area (TPSA) is 62.2 Å². The predicted octanol–water partition coefficient (Wildman–Crippen LogP) is 1.74. The molecule has 0 spiro atoms. The van der Waals surface area contributed by atoms with Crippen molar-refractivity contribution in [3.8, 4) is 11.1 Å². The van der Waals surface area contributed by atoms with Crippen LogP contribution in [-0.2, 0) is 6.61 Å². The van der Waals surface area contributed by atoms with E-state index in [0.29, 0.717) is 16.8 Å². The van der Waals surface area contributed by atoms with Gasteiger partial charge in [-0.15, -0.1) is 0 Å². The second kappa shape index (κ2) is 5.58. The Bertz CT molecular complexity index is 597. The highest BCUT2D eigenvalue weighted by Crippen LogP contribution is 2.23. The number of hydrogen-bond acceptors (Lipinski definition) is 3. The van der Waals surface area contributed by atoms with E-state index in [4.69, 9.17) is 5.11 Å². The number of aliphatic hydroxyl groups is 1. The van der Waals surface area contributed by atoms with Crippen molar-refractivity contribution in [1.82, 2.24) is 10.3 Å². The molecule has 0 bridgehead atoms. The van der Waals surface area contributed by atoms with Gasteiger partial charge in [0.25, 0.3) is 5.91 Å². The third kappa shape index (κ3) is 2.77.